The van der Waals surface area contributed by atoms with Gasteiger partial charge in [0.1, 0.15) is 11.6 Å². The van der Waals surface area contributed by atoms with Gasteiger partial charge in [-0.3, -0.25) is 4.79 Å². The number of hydrogen-bond acceptors (Lipinski definition) is 4. The smallest absolute Gasteiger partial charge is 0.229 e. The van der Waals surface area contributed by atoms with Crippen LogP contribution in [0.1, 0.15) is 75.0 Å². The third-order valence-corrected chi connectivity index (χ3v) is 7.70. The number of carbonyl (C=O) groups is 1. The van der Waals surface area contributed by atoms with E-state index in [2.05, 4.69) is 54.0 Å². The highest BCUT2D eigenvalue weighted by atomic mass is 16.5. The van der Waals surface area contributed by atoms with E-state index in [1.807, 2.05) is 24.3 Å². The van der Waals surface area contributed by atoms with Crippen molar-refractivity contribution in [2.75, 3.05) is 7.11 Å². The minimum absolute atomic E-state index is 0.00599. The number of amides is 1. The van der Waals surface area contributed by atoms with Crippen molar-refractivity contribution < 1.29 is 9.53 Å². The Balaban J connectivity index is 1.33. The van der Waals surface area contributed by atoms with Crippen LogP contribution in [0.15, 0.2) is 71.4 Å². The standard InChI is InChI=1S/C33H39N3O2/c1-3-4-5-6-7-8-13-30-33(36-31(37)21-23-14-15-24-11-9-10-12-25(24)20-23)35-29-19-16-26-22-27(38-2)17-18-28(26)32(29)34-30/h9-12,14-15,17-18,20,22,30,34H,3-8,13,16,19,21H2,1-2H3,(H,35,36,37). The molecule has 0 saturated heterocycles. The van der Waals surface area contributed by atoms with Gasteiger partial charge in [-0.05, 0) is 59.4 Å². The molecule has 1 amide bonds. The molecule has 0 fully saturated rings. The zero-order valence-corrected chi connectivity index (χ0v) is 22.7. The Morgan fingerprint density at radius 2 is 1.79 bits per heavy atom. The average molecular weight is 510 g/mol. The van der Waals surface area contributed by atoms with Crippen molar-refractivity contribution in [3.05, 3.63) is 83.1 Å². The molecular weight excluding hydrogens is 470 g/mol. The van der Waals surface area contributed by atoms with Crippen LogP contribution in [0.4, 0.5) is 0 Å². The zero-order valence-electron chi connectivity index (χ0n) is 22.7. The van der Waals surface area contributed by atoms with Gasteiger partial charge in [0.15, 0.2) is 0 Å². The van der Waals surface area contributed by atoms with Crippen LogP contribution in [0.5, 0.6) is 5.75 Å². The summed E-state index contributed by atoms with van der Waals surface area (Å²) < 4.78 is 5.45. The molecule has 1 atom stereocenters. The van der Waals surface area contributed by atoms with Crippen LogP contribution in [-0.2, 0) is 17.6 Å². The van der Waals surface area contributed by atoms with Crippen LogP contribution in [0, 0.1) is 0 Å². The summed E-state index contributed by atoms with van der Waals surface area (Å²) in [5.74, 6) is 1.64. The van der Waals surface area contributed by atoms with E-state index in [0.29, 0.717) is 6.42 Å². The molecule has 0 spiro atoms. The number of unbranched alkanes of at least 4 members (excludes halogenated alkanes) is 5. The number of ether oxygens (including phenoxy) is 1. The van der Waals surface area contributed by atoms with E-state index in [1.54, 1.807) is 7.11 Å². The predicted octanol–water partition coefficient (Wildman–Crippen LogP) is 6.94. The number of benzene rings is 3. The Kier molecular flexibility index (Phi) is 8.42. The molecule has 3 aromatic rings. The molecule has 1 aliphatic carbocycles. The van der Waals surface area contributed by atoms with Crippen molar-refractivity contribution >= 4 is 28.2 Å². The number of nitrogens with one attached hydrogen (secondary N) is 2. The zero-order chi connectivity index (χ0) is 26.3. The normalized spacial score (nSPS) is 16.4. The number of amidine groups is 1. The number of aliphatic imine (C=N–C) groups is 1. The molecule has 1 aliphatic heterocycles. The Hall–Kier alpha value is -3.60. The van der Waals surface area contributed by atoms with Crippen LogP contribution in [0.25, 0.3) is 16.5 Å². The summed E-state index contributed by atoms with van der Waals surface area (Å²) in [7, 11) is 1.71. The Morgan fingerprint density at radius 3 is 2.63 bits per heavy atom. The molecule has 0 aromatic heterocycles. The molecule has 1 unspecified atom stereocenters. The SMILES string of the molecule is CCCCCCCCC1NC2=C(CCc3cc(OC)ccc32)N=C1NC(=O)Cc1ccc2ccccc2c1. The molecular formula is C33H39N3O2. The fraction of sp³-hybridized carbons (Fsp3) is 0.394. The maximum absolute atomic E-state index is 13.2. The molecule has 5 heteroatoms. The van der Waals surface area contributed by atoms with Crippen molar-refractivity contribution in [3.8, 4) is 5.75 Å². The van der Waals surface area contributed by atoms with Crippen molar-refractivity contribution in [2.45, 2.75) is 77.2 Å². The monoisotopic (exact) mass is 509 g/mol. The lowest BCUT2D eigenvalue weighted by Gasteiger charge is -2.33. The topological polar surface area (TPSA) is 62.7 Å². The van der Waals surface area contributed by atoms with E-state index in [4.69, 9.17) is 9.73 Å². The van der Waals surface area contributed by atoms with Crippen LogP contribution in [-0.4, -0.2) is 24.9 Å². The first-order valence-electron chi connectivity index (χ1n) is 14.2. The van der Waals surface area contributed by atoms with Gasteiger partial charge in [-0.1, -0.05) is 87.9 Å². The largest absolute Gasteiger partial charge is 0.497 e. The second kappa shape index (κ2) is 12.3. The molecule has 5 nitrogen and oxygen atoms in total. The number of carbonyl (C=O) groups excluding carboxylic acids is 1. The maximum Gasteiger partial charge on any atom is 0.229 e. The van der Waals surface area contributed by atoms with Crippen molar-refractivity contribution in [1.29, 1.82) is 0 Å². The molecule has 1 heterocycles. The highest BCUT2D eigenvalue weighted by Crippen LogP contribution is 2.35. The second-order valence-corrected chi connectivity index (χ2v) is 10.5. The number of nitrogens with zero attached hydrogens (tertiary/aromatic N) is 1. The Bertz CT molecular complexity index is 1360. The second-order valence-electron chi connectivity index (χ2n) is 10.5. The highest BCUT2D eigenvalue weighted by Gasteiger charge is 2.29. The number of aryl methyl sites for hydroxylation is 1. The summed E-state index contributed by atoms with van der Waals surface area (Å²) >= 11 is 0. The third kappa shape index (κ3) is 6.09. The van der Waals surface area contributed by atoms with Crippen molar-refractivity contribution in [2.24, 2.45) is 4.99 Å². The van der Waals surface area contributed by atoms with Crippen molar-refractivity contribution in [1.82, 2.24) is 10.6 Å². The number of fused-ring (bicyclic) bond motifs is 3. The van der Waals surface area contributed by atoms with Gasteiger partial charge in [-0.2, -0.15) is 0 Å². The van der Waals surface area contributed by atoms with E-state index >= 15 is 0 Å². The van der Waals surface area contributed by atoms with Gasteiger partial charge in [-0.15, -0.1) is 0 Å². The van der Waals surface area contributed by atoms with Crippen LogP contribution >= 0.6 is 0 Å². The third-order valence-electron chi connectivity index (χ3n) is 7.70. The summed E-state index contributed by atoms with van der Waals surface area (Å²) in [5.41, 5.74) is 5.64. The molecule has 198 valence electrons. The summed E-state index contributed by atoms with van der Waals surface area (Å²) in [4.78, 5) is 18.2. The first-order chi connectivity index (χ1) is 18.6. The fourth-order valence-electron chi connectivity index (χ4n) is 5.59. The predicted molar refractivity (Wildman–Crippen MR) is 156 cm³/mol. The van der Waals surface area contributed by atoms with Gasteiger partial charge in [0.2, 0.25) is 5.91 Å². The average Bonchev–Trinajstić information content (AvgIpc) is 2.94. The highest BCUT2D eigenvalue weighted by molar-refractivity contribution is 6.04. The lowest BCUT2D eigenvalue weighted by Crippen LogP contribution is -2.49. The Labute approximate surface area is 226 Å². The first kappa shape index (κ1) is 26.0. The number of rotatable bonds is 10. The molecule has 2 aliphatic rings. The number of hydrogen-bond donors (Lipinski definition) is 2. The Morgan fingerprint density at radius 1 is 0.974 bits per heavy atom. The number of allylic oxidation sites excluding steroid dienone is 1. The van der Waals surface area contributed by atoms with Crippen molar-refractivity contribution in [3.63, 3.8) is 0 Å². The van der Waals surface area contributed by atoms with E-state index in [9.17, 15) is 4.79 Å². The molecule has 3 aromatic carbocycles. The van der Waals surface area contributed by atoms with E-state index in [1.165, 1.54) is 48.6 Å². The molecule has 0 radical (unpaired) electrons. The van der Waals surface area contributed by atoms with Gasteiger partial charge in [0.25, 0.3) is 0 Å². The van der Waals surface area contributed by atoms with E-state index in [-0.39, 0.29) is 11.9 Å². The molecule has 0 saturated carbocycles. The first-order valence-corrected chi connectivity index (χ1v) is 14.2. The summed E-state index contributed by atoms with van der Waals surface area (Å²) in [6, 6.07) is 20.8. The van der Waals surface area contributed by atoms with Gasteiger partial charge in [0.05, 0.1) is 31.0 Å². The lowest BCUT2D eigenvalue weighted by atomic mass is 9.90. The van der Waals surface area contributed by atoms with Crippen LogP contribution < -0.4 is 15.4 Å². The van der Waals surface area contributed by atoms with E-state index in [0.717, 1.165) is 59.6 Å². The quantitative estimate of drug-likeness (QED) is 0.291. The minimum atomic E-state index is -0.0150. The van der Waals surface area contributed by atoms with Crippen LogP contribution in [0.3, 0.4) is 0 Å². The molecule has 0 bridgehead atoms. The van der Waals surface area contributed by atoms with Gasteiger partial charge >= 0.3 is 0 Å². The number of methoxy groups -OCH3 is 1. The van der Waals surface area contributed by atoms with Crippen LogP contribution in [0.2, 0.25) is 0 Å². The lowest BCUT2D eigenvalue weighted by molar-refractivity contribution is -0.119. The summed E-state index contributed by atoms with van der Waals surface area (Å²) in [6.07, 6.45) is 10.5. The van der Waals surface area contributed by atoms with E-state index < -0.39 is 0 Å². The maximum atomic E-state index is 13.2. The molecule has 5 rings (SSSR count). The fourth-order valence-corrected chi connectivity index (χ4v) is 5.59. The molecule has 38 heavy (non-hydrogen) atoms. The summed E-state index contributed by atoms with van der Waals surface area (Å²) in [5, 5.41) is 9.33. The minimum Gasteiger partial charge on any atom is -0.497 e. The van der Waals surface area contributed by atoms with Gasteiger partial charge < -0.3 is 15.4 Å². The van der Waals surface area contributed by atoms with Gasteiger partial charge in [0, 0.05) is 5.56 Å². The van der Waals surface area contributed by atoms with Gasteiger partial charge in [-0.25, -0.2) is 4.99 Å². The molecule has 2 N–H and O–H groups in total. The summed E-state index contributed by atoms with van der Waals surface area (Å²) in [6.45, 7) is 2.25.